The van der Waals surface area contributed by atoms with Crippen LogP contribution in [0, 0.1) is 5.92 Å². The second-order valence-electron chi connectivity index (χ2n) is 5.95. The fraction of sp³-hybridized carbons (Fsp3) is 0.529. The molecule has 0 heterocycles. The van der Waals surface area contributed by atoms with Gasteiger partial charge >= 0.3 is 0 Å². The van der Waals surface area contributed by atoms with E-state index in [1.54, 1.807) is 6.92 Å². The number of hydrogen-bond donors (Lipinski definition) is 1. The van der Waals surface area contributed by atoms with Gasteiger partial charge in [-0.3, -0.25) is 9.59 Å². The van der Waals surface area contributed by atoms with E-state index >= 15 is 0 Å². The molecule has 1 saturated carbocycles. The second-order valence-corrected chi connectivity index (χ2v) is 5.95. The molecule has 2 rings (SSSR count). The van der Waals surface area contributed by atoms with Crippen LogP contribution in [0.5, 0.6) is 0 Å². The monoisotopic (exact) mass is 288 g/mol. The van der Waals surface area contributed by atoms with Gasteiger partial charge in [0.2, 0.25) is 11.8 Å². The van der Waals surface area contributed by atoms with E-state index in [-0.39, 0.29) is 17.9 Å². The van der Waals surface area contributed by atoms with Gasteiger partial charge in [-0.05, 0) is 38.2 Å². The molecule has 1 N–H and O–H groups in total. The summed E-state index contributed by atoms with van der Waals surface area (Å²) in [5.74, 6) is 0.422. The predicted octanol–water partition coefficient (Wildman–Crippen LogP) is 2.34. The minimum atomic E-state index is -0.479. The predicted molar refractivity (Wildman–Crippen MR) is 82.5 cm³/mol. The minimum Gasteiger partial charge on any atom is -0.345 e. The maximum atomic E-state index is 12.7. The molecular formula is C17H24N2O2. The summed E-state index contributed by atoms with van der Waals surface area (Å²) >= 11 is 0. The van der Waals surface area contributed by atoms with E-state index in [0.29, 0.717) is 12.5 Å². The van der Waals surface area contributed by atoms with E-state index in [2.05, 4.69) is 12.2 Å². The maximum Gasteiger partial charge on any atom is 0.245 e. The van der Waals surface area contributed by atoms with E-state index in [9.17, 15) is 9.59 Å². The Balaban J connectivity index is 2.11. The van der Waals surface area contributed by atoms with Crippen LogP contribution in [0.4, 0.5) is 0 Å². The quantitative estimate of drug-likeness (QED) is 0.873. The molecule has 0 aromatic heterocycles. The van der Waals surface area contributed by atoms with Crippen LogP contribution >= 0.6 is 0 Å². The first-order chi connectivity index (χ1) is 9.99. The molecule has 2 unspecified atom stereocenters. The van der Waals surface area contributed by atoms with Crippen molar-refractivity contribution in [2.75, 3.05) is 0 Å². The zero-order valence-corrected chi connectivity index (χ0v) is 13.0. The fourth-order valence-corrected chi connectivity index (χ4v) is 2.65. The van der Waals surface area contributed by atoms with Gasteiger partial charge in [0.15, 0.2) is 0 Å². The molecule has 2 atom stereocenters. The molecule has 0 radical (unpaired) electrons. The Bertz CT molecular complexity index is 497. The Morgan fingerprint density at radius 2 is 1.86 bits per heavy atom. The van der Waals surface area contributed by atoms with E-state index < -0.39 is 6.04 Å². The van der Waals surface area contributed by atoms with Crippen molar-refractivity contribution in [1.29, 1.82) is 0 Å². The first-order valence-electron chi connectivity index (χ1n) is 7.60. The summed E-state index contributed by atoms with van der Waals surface area (Å²) in [6.07, 6.45) is 2.38. The smallest absolute Gasteiger partial charge is 0.245 e. The molecule has 1 fully saturated rings. The maximum absolute atomic E-state index is 12.7. The van der Waals surface area contributed by atoms with Gasteiger partial charge in [0, 0.05) is 19.5 Å². The molecule has 4 heteroatoms. The Morgan fingerprint density at radius 1 is 1.24 bits per heavy atom. The van der Waals surface area contributed by atoms with Gasteiger partial charge in [-0.25, -0.2) is 0 Å². The fourth-order valence-electron chi connectivity index (χ4n) is 2.65. The van der Waals surface area contributed by atoms with Crippen molar-refractivity contribution < 1.29 is 9.59 Å². The van der Waals surface area contributed by atoms with Crippen molar-refractivity contribution in [1.82, 2.24) is 10.2 Å². The van der Waals surface area contributed by atoms with Gasteiger partial charge in [0.25, 0.3) is 0 Å². The van der Waals surface area contributed by atoms with Gasteiger partial charge in [0.05, 0.1) is 0 Å². The summed E-state index contributed by atoms with van der Waals surface area (Å²) in [6, 6.07) is 9.74. The van der Waals surface area contributed by atoms with E-state index in [1.165, 1.54) is 19.8 Å². The number of carbonyl (C=O) groups excluding carboxylic acids is 2. The average Bonchev–Trinajstić information content (AvgIpc) is 3.28. The lowest BCUT2D eigenvalue weighted by molar-refractivity contribution is -0.138. The SMILES string of the molecule is CC(=O)NC(C)C(=O)N(Cc1ccccc1)C(C)C1CC1. The number of carbonyl (C=O) groups is 2. The number of hydrogen-bond acceptors (Lipinski definition) is 2. The summed E-state index contributed by atoms with van der Waals surface area (Å²) < 4.78 is 0. The number of amides is 2. The molecular weight excluding hydrogens is 264 g/mol. The summed E-state index contributed by atoms with van der Waals surface area (Å²) in [4.78, 5) is 25.8. The van der Waals surface area contributed by atoms with Crippen molar-refractivity contribution in [3.8, 4) is 0 Å². The molecule has 0 spiro atoms. The number of benzene rings is 1. The molecule has 21 heavy (non-hydrogen) atoms. The highest BCUT2D eigenvalue weighted by Crippen LogP contribution is 2.35. The van der Waals surface area contributed by atoms with Crippen molar-refractivity contribution in [2.24, 2.45) is 5.92 Å². The Kier molecular flexibility index (Phi) is 4.99. The van der Waals surface area contributed by atoms with Gasteiger partial charge < -0.3 is 10.2 Å². The highest BCUT2D eigenvalue weighted by atomic mass is 16.2. The third-order valence-corrected chi connectivity index (χ3v) is 4.06. The molecule has 114 valence electrons. The van der Waals surface area contributed by atoms with Crippen LogP contribution in [0.1, 0.15) is 39.2 Å². The second kappa shape index (κ2) is 6.74. The zero-order valence-electron chi connectivity index (χ0n) is 13.0. The lowest BCUT2D eigenvalue weighted by atomic mass is 10.1. The molecule has 2 amide bonds. The average molecular weight is 288 g/mol. The topological polar surface area (TPSA) is 49.4 Å². The number of nitrogens with zero attached hydrogens (tertiary/aromatic N) is 1. The van der Waals surface area contributed by atoms with E-state index in [4.69, 9.17) is 0 Å². The molecule has 1 aromatic rings. The van der Waals surface area contributed by atoms with Crippen LogP contribution in [0.3, 0.4) is 0 Å². The largest absolute Gasteiger partial charge is 0.345 e. The van der Waals surface area contributed by atoms with Crippen molar-refractivity contribution in [2.45, 2.75) is 52.2 Å². The van der Waals surface area contributed by atoms with Crippen LogP contribution in [-0.2, 0) is 16.1 Å². The van der Waals surface area contributed by atoms with Crippen LogP contribution in [-0.4, -0.2) is 28.8 Å². The zero-order chi connectivity index (χ0) is 15.4. The molecule has 4 nitrogen and oxygen atoms in total. The molecule has 1 aliphatic carbocycles. The molecule has 0 saturated heterocycles. The van der Waals surface area contributed by atoms with Crippen LogP contribution in [0.15, 0.2) is 30.3 Å². The van der Waals surface area contributed by atoms with Crippen molar-refractivity contribution in [3.05, 3.63) is 35.9 Å². The lowest BCUT2D eigenvalue weighted by Crippen LogP contribution is -2.49. The molecule has 0 aliphatic heterocycles. The minimum absolute atomic E-state index is 0.00606. The third kappa shape index (κ3) is 4.31. The molecule has 0 bridgehead atoms. The highest BCUT2D eigenvalue weighted by Gasteiger charge is 2.35. The summed E-state index contributed by atoms with van der Waals surface area (Å²) in [7, 11) is 0. The Hall–Kier alpha value is -1.84. The summed E-state index contributed by atoms with van der Waals surface area (Å²) in [5.41, 5.74) is 1.12. The first kappa shape index (κ1) is 15.5. The van der Waals surface area contributed by atoms with Gasteiger partial charge in [0.1, 0.15) is 6.04 Å². The van der Waals surface area contributed by atoms with Crippen molar-refractivity contribution >= 4 is 11.8 Å². The van der Waals surface area contributed by atoms with Gasteiger partial charge in [-0.1, -0.05) is 30.3 Å². The van der Waals surface area contributed by atoms with Crippen LogP contribution in [0.2, 0.25) is 0 Å². The van der Waals surface area contributed by atoms with Crippen LogP contribution in [0.25, 0.3) is 0 Å². The standard InChI is InChI=1S/C17H24N2O2/c1-12(18-14(3)20)17(21)19(13(2)16-9-10-16)11-15-7-5-4-6-8-15/h4-8,12-13,16H,9-11H2,1-3H3,(H,18,20). The van der Waals surface area contributed by atoms with E-state index in [1.807, 2.05) is 35.2 Å². The molecule has 1 aliphatic rings. The van der Waals surface area contributed by atoms with Gasteiger partial charge in [-0.15, -0.1) is 0 Å². The Labute approximate surface area is 126 Å². The van der Waals surface area contributed by atoms with Gasteiger partial charge in [-0.2, -0.15) is 0 Å². The summed E-state index contributed by atoms with van der Waals surface area (Å²) in [6.45, 7) is 5.90. The number of rotatable bonds is 6. The molecule has 1 aromatic carbocycles. The van der Waals surface area contributed by atoms with E-state index in [0.717, 1.165) is 5.56 Å². The first-order valence-corrected chi connectivity index (χ1v) is 7.60. The summed E-state index contributed by atoms with van der Waals surface area (Å²) in [5, 5.41) is 2.69. The third-order valence-electron chi connectivity index (χ3n) is 4.06. The van der Waals surface area contributed by atoms with Crippen molar-refractivity contribution in [3.63, 3.8) is 0 Å². The lowest BCUT2D eigenvalue weighted by Gasteiger charge is -2.32. The highest BCUT2D eigenvalue weighted by molar-refractivity contribution is 5.86. The normalized spacial score (nSPS) is 16.9. The Morgan fingerprint density at radius 3 is 2.38 bits per heavy atom. The van der Waals surface area contributed by atoms with Crippen LogP contribution < -0.4 is 5.32 Å². The number of nitrogens with one attached hydrogen (secondary N) is 1.